The number of nitrogens with one attached hydrogen (secondary N) is 1. The summed E-state index contributed by atoms with van der Waals surface area (Å²) in [6, 6.07) is 11.1. The molecular weight excluding hydrogens is 349 g/mol. The maximum atomic E-state index is 8.80. The first-order chi connectivity index (χ1) is 11.7. The van der Waals surface area contributed by atoms with Crippen LogP contribution < -0.4 is 14.8 Å². The van der Waals surface area contributed by atoms with Gasteiger partial charge < -0.3 is 19.9 Å². The van der Waals surface area contributed by atoms with E-state index in [1.807, 2.05) is 30.3 Å². The predicted molar refractivity (Wildman–Crippen MR) is 97.2 cm³/mol. The molecule has 0 amide bonds. The van der Waals surface area contributed by atoms with Gasteiger partial charge in [-0.2, -0.15) is 0 Å². The van der Waals surface area contributed by atoms with Gasteiger partial charge in [-0.25, -0.2) is 0 Å². The molecule has 0 radical (unpaired) electrons. The van der Waals surface area contributed by atoms with Crippen LogP contribution in [0.4, 0.5) is 0 Å². The SMILES string of the molecule is COc1cc(CNCCCO)c(Cl)cc1OCc1ccccc1Cl. The molecular formula is C18H21Cl2NO3. The first-order valence-electron chi connectivity index (χ1n) is 7.70. The monoisotopic (exact) mass is 369 g/mol. The number of aliphatic hydroxyl groups excluding tert-OH is 1. The lowest BCUT2D eigenvalue weighted by Crippen LogP contribution is -2.16. The van der Waals surface area contributed by atoms with Crippen LogP contribution >= 0.6 is 23.2 Å². The number of hydrogen-bond acceptors (Lipinski definition) is 4. The summed E-state index contributed by atoms with van der Waals surface area (Å²) in [6.07, 6.45) is 0.702. The van der Waals surface area contributed by atoms with Crippen molar-refractivity contribution in [1.82, 2.24) is 5.32 Å². The minimum Gasteiger partial charge on any atom is -0.493 e. The summed E-state index contributed by atoms with van der Waals surface area (Å²) < 4.78 is 11.2. The number of rotatable bonds is 9. The van der Waals surface area contributed by atoms with E-state index in [4.69, 9.17) is 37.8 Å². The first kappa shape index (κ1) is 18.9. The topological polar surface area (TPSA) is 50.7 Å². The summed E-state index contributed by atoms with van der Waals surface area (Å²) in [5.41, 5.74) is 1.81. The zero-order valence-corrected chi connectivity index (χ0v) is 15.0. The molecule has 0 spiro atoms. The quantitative estimate of drug-likeness (QED) is 0.654. The molecule has 0 aliphatic rings. The standard InChI is InChI=1S/C18H21Cl2NO3/c1-23-17-9-14(11-21-7-4-8-22)16(20)10-18(17)24-12-13-5-2-3-6-15(13)19/h2-3,5-6,9-10,21-22H,4,7-8,11-12H2,1H3. The van der Waals surface area contributed by atoms with Gasteiger partial charge in [-0.15, -0.1) is 0 Å². The fourth-order valence-electron chi connectivity index (χ4n) is 2.18. The second kappa shape index (κ2) is 9.74. The van der Waals surface area contributed by atoms with Crippen LogP contribution in [0, 0.1) is 0 Å². The molecule has 2 rings (SSSR count). The Balaban J connectivity index is 2.07. The van der Waals surface area contributed by atoms with Gasteiger partial charge >= 0.3 is 0 Å². The maximum Gasteiger partial charge on any atom is 0.163 e. The molecule has 6 heteroatoms. The number of aliphatic hydroxyl groups is 1. The van der Waals surface area contributed by atoms with E-state index in [0.29, 0.717) is 41.1 Å². The van der Waals surface area contributed by atoms with Crippen molar-refractivity contribution >= 4 is 23.2 Å². The van der Waals surface area contributed by atoms with Gasteiger partial charge in [0.2, 0.25) is 0 Å². The molecule has 0 bridgehead atoms. The van der Waals surface area contributed by atoms with Crippen LogP contribution in [0.15, 0.2) is 36.4 Å². The van der Waals surface area contributed by atoms with Crippen molar-refractivity contribution in [2.24, 2.45) is 0 Å². The van der Waals surface area contributed by atoms with Crippen molar-refractivity contribution in [2.75, 3.05) is 20.3 Å². The average Bonchev–Trinajstić information content (AvgIpc) is 2.59. The van der Waals surface area contributed by atoms with Gasteiger partial charge in [-0.05, 0) is 30.7 Å². The van der Waals surface area contributed by atoms with Crippen LogP contribution in [-0.4, -0.2) is 25.4 Å². The lowest BCUT2D eigenvalue weighted by Gasteiger charge is -2.14. The van der Waals surface area contributed by atoms with Gasteiger partial charge in [0.05, 0.1) is 7.11 Å². The highest BCUT2D eigenvalue weighted by atomic mass is 35.5. The fourth-order valence-corrected chi connectivity index (χ4v) is 2.59. The molecule has 24 heavy (non-hydrogen) atoms. The first-order valence-corrected chi connectivity index (χ1v) is 8.45. The molecule has 0 aromatic heterocycles. The molecule has 0 saturated carbocycles. The van der Waals surface area contributed by atoms with Gasteiger partial charge in [0.15, 0.2) is 11.5 Å². The second-order valence-electron chi connectivity index (χ2n) is 5.23. The summed E-state index contributed by atoms with van der Waals surface area (Å²) in [4.78, 5) is 0. The third-order valence-corrected chi connectivity index (χ3v) is 4.22. The summed E-state index contributed by atoms with van der Waals surface area (Å²) in [5, 5.41) is 13.3. The zero-order chi connectivity index (χ0) is 17.4. The van der Waals surface area contributed by atoms with Crippen molar-refractivity contribution < 1.29 is 14.6 Å². The minimum absolute atomic E-state index is 0.166. The molecule has 2 aromatic rings. The molecule has 0 heterocycles. The van der Waals surface area contributed by atoms with Crippen molar-refractivity contribution in [2.45, 2.75) is 19.6 Å². The number of methoxy groups -OCH3 is 1. The minimum atomic E-state index is 0.166. The van der Waals surface area contributed by atoms with Crippen LogP contribution in [0.2, 0.25) is 10.0 Å². The highest BCUT2D eigenvalue weighted by Gasteiger charge is 2.11. The van der Waals surface area contributed by atoms with Crippen LogP contribution in [0.3, 0.4) is 0 Å². The van der Waals surface area contributed by atoms with Gasteiger partial charge in [0.25, 0.3) is 0 Å². The molecule has 0 saturated heterocycles. The molecule has 0 aliphatic carbocycles. The van der Waals surface area contributed by atoms with E-state index >= 15 is 0 Å². The van der Waals surface area contributed by atoms with Crippen LogP contribution in [-0.2, 0) is 13.2 Å². The van der Waals surface area contributed by atoms with Gasteiger partial charge in [0, 0.05) is 34.8 Å². The summed E-state index contributed by atoms with van der Waals surface area (Å²) in [7, 11) is 1.59. The predicted octanol–water partition coefficient (Wildman–Crippen LogP) is 4.05. The Morgan fingerprint density at radius 3 is 2.54 bits per heavy atom. The largest absolute Gasteiger partial charge is 0.493 e. The third-order valence-electron chi connectivity index (χ3n) is 3.50. The van der Waals surface area contributed by atoms with E-state index in [1.165, 1.54) is 0 Å². The van der Waals surface area contributed by atoms with Crippen LogP contribution in [0.25, 0.3) is 0 Å². The molecule has 0 atom stereocenters. The second-order valence-corrected chi connectivity index (χ2v) is 6.04. The Labute approximate surface area is 152 Å². The van der Waals surface area contributed by atoms with Crippen LogP contribution in [0.1, 0.15) is 17.5 Å². The third kappa shape index (κ3) is 5.28. The van der Waals surface area contributed by atoms with E-state index in [2.05, 4.69) is 5.32 Å². The Kier molecular flexibility index (Phi) is 7.66. The highest BCUT2D eigenvalue weighted by Crippen LogP contribution is 2.34. The highest BCUT2D eigenvalue weighted by molar-refractivity contribution is 6.31. The lowest BCUT2D eigenvalue weighted by atomic mass is 10.2. The van der Waals surface area contributed by atoms with Crippen molar-refractivity contribution in [1.29, 1.82) is 0 Å². The summed E-state index contributed by atoms with van der Waals surface area (Å²) >= 11 is 12.5. The van der Waals surface area contributed by atoms with Crippen molar-refractivity contribution in [3.05, 3.63) is 57.6 Å². The molecule has 130 valence electrons. The van der Waals surface area contributed by atoms with Gasteiger partial charge in [-0.1, -0.05) is 41.4 Å². The molecule has 0 aliphatic heterocycles. The van der Waals surface area contributed by atoms with Crippen LogP contribution in [0.5, 0.6) is 11.5 Å². The van der Waals surface area contributed by atoms with E-state index < -0.39 is 0 Å². The fraction of sp³-hybridized carbons (Fsp3) is 0.333. The van der Waals surface area contributed by atoms with E-state index in [-0.39, 0.29) is 6.61 Å². The van der Waals surface area contributed by atoms with E-state index in [9.17, 15) is 0 Å². The number of ether oxygens (including phenoxy) is 2. The number of halogens is 2. The number of benzene rings is 2. The van der Waals surface area contributed by atoms with E-state index in [0.717, 1.165) is 17.7 Å². The average molecular weight is 370 g/mol. The maximum absolute atomic E-state index is 8.80. The zero-order valence-electron chi connectivity index (χ0n) is 13.5. The van der Waals surface area contributed by atoms with Crippen molar-refractivity contribution in [3.8, 4) is 11.5 Å². The van der Waals surface area contributed by atoms with Gasteiger partial charge in [0.1, 0.15) is 6.61 Å². The molecule has 0 fully saturated rings. The number of hydrogen-bond donors (Lipinski definition) is 2. The normalized spacial score (nSPS) is 10.7. The van der Waals surface area contributed by atoms with Gasteiger partial charge in [-0.3, -0.25) is 0 Å². The Bertz CT molecular complexity index is 665. The Hall–Kier alpha value is -1.46. The molecule has 0 unspecified atom stereocenters. The summed E-state index contributed by atoms with van der Waals surface area (Å²) in [5.74, 6) is 1.19. The molecule has 2 N–H and O–H groups in total. The molecule has 2 aromatic carbocycles. The van der Waals surface area contributed by atoms with Crippen molar-refractivity contribution in [3.63, 3.8) is 0 Å². The molecule has 4 nitrogen and oxygen atoms in total. The van der Waals surface area contributed by atoms with E-state index in [1.54, 1.807) is 13.2 Å². The Morgan fingerprint density at radius 2 is 1.83 bits per heavy atom. The lowest BCUT2D eigenvalue weighted by molar-refractivity contribution is 0.284. The Morgan fingerprint density at radius 1 is 1.04 bits per heavy atom. The summed E-state index contributed by atoms with van der Waals surface area (Å²) in [6.45, 7) is 1.82. The smallest absolute Gasteiger partial charge is 0.163 e.